The van der Waals surface area contributed by atoms with E-state index in [1.807, 2.05) is 30.3 Å². The van der Waals surface area contributed by atoms with Gasteiger partial charge in [-0.1, -0.05) is 47.3 Å². The molecule has 0 aliphatic heterocycles. The van der Waals surface area contributed by atoms with Crippen molar-refractivity contribution in [2.24, 2.45) is 0 Å². The Morgan fingerprint density at radius 2 is 2.03 bits per heavy atom. The quantitative estimate of drug-likeness (QED) is 0.277. The van der Waals surface area contributed by atoms with E-state index in [2.05, 4.69) is 20.4 Å². The van der Waals surface area contributed by atoms with Crippen LogP contribution in [-0.2, 0) is 4.79 Å². The van der Waals surface area contributed by atoms with Gasteiger partial charge in [0.25, 0.3) is 5.69 Å². The Morgan fingerprint density at radius 3 is 2.72 bits per heavy atom. The number of benzene rings is 2. The molecule has 2 heterocycles. The van der Waals surface area contributed by atoms with Crippen LogP contribution in [0, 0.1) is 17.0 Å². The molecule has 4 rings (SSSR count). The average Bonchev–Trinajstić information content (AvgIpc) is 3.31. The Balaban J connectivity index is 1.63. The minimum atomic E-state index is -0.622. The summed E-state index contributed by atoms with van der Waals surface area (Å²) < 4.78 is 4.99. The maximum atomic E-state index is 12.9. The third kappa shape index (κ3) is 4.11. The SMILES string of the molecule is Cc1cc(NC(=O)[C@H](Sc2nc3ccc([N+](=O)[O-])cc3[nH]2)c2ccccc2)no1. The standard InChI is InChI=1S/C19H15N5O4S/c1-11-9-16(23-28-11)22-18(25)17(12-5-3-2-4-6-12)29-19-20-14-8-7-13(24(26)27)10-15(14)21-19/h2-10,17H,1H3,(H,20,21)(H,22,23,25)/t17-/m1/s1. The highest BCUT2D eigenvalue weighted by Crippen LogP contribution is 2.36. The molecule has 0 unspecified atom stereocenters. The predicted molar refractivity (Wildman–Crippen MR) is 108 cm³/mol. The number of nitrogens with zero attached hydrogens (tertiary/aromatic N) is 3. The molecular weight excluding hydrogens is 394 g/mol. The normalized spacial score (nSPS) is 12.0. The van der Waals surface area contributed by atoms with Gasteiger partial charge in [-0.25, -0.2) is 4.98 Å². The molecule has 10 heteroatoms. The van der Waals surface area contributed by atoms with Crippen LogP contribution in [0.5, 0.6) is 0 Å². The molecular formula is C19H15N5O4S. The van der Waals surface area contributed by atoms with Crippen LogP contribution in [0.1, 0.15) is 16.6 Å². The number of rotatable bonds is 6. The molecule has 1 atom stereocenters. The summed E-state index contributed by atoms with van der Waals surface area (Å²) in [5.74, 6) is 0.623. The van der Waals surface area contributed by atoms with Gasteiger partial charge in [0.05, 0.1) is 16.0 Å². The highest BCUT2D eigenvalue weighted by molar-refractivity contribution is 8.00. The number of aromatic nitrogens is 3. The monoisotopic (exact) mass is 409 g/mol. The number of hydrogen-bond acceptors (Lipinski definition) is 7. The van der Waals surface area contributed by atoms with E-state index in [-0.39, 0.29) is 11.6 Å². The lowest BCUT2D eigenvalue weighted by atomic mass is 10.1. The fourth-order valence-electron chi connectivity index (χ4n) is 2.77. The number of nitro groups is 1. The van der Waals surface area contributed by atoms with Crippen molar-refractivity contribution in [1.82, 2.24) is 15.1 Å². The zero-order valence-corrected chi connectivity index (χ0v) is 16.0. The first-order chi connectivity index (χ1) is 14.0. The number of nitro benzene ring substituents is 1. The summed E-state index contributed by atoms with van der Waals surface area (Å²) in [6, 6.07) is 15.3. The van der Waals surface area contributed by atoms with Gasteiger partial charge < -0.3 is 14.8 Å². The number of imidazole rings is 1. The van der Waals surface area contributed by atoms with Crippen molar-refractivity contribution in [3.63, 3.8) is 0 Å². The fourth-order valence-corrected chi connectivity index (χ4v) is 3.78. The van der Waals surface area contributed by atoms with Crippen LogP contribution in [0.25, 0.3) is 11.0 Å². The van der Waals surface area contributed by atoms with Gasteiger partial charge in [0, 0.05) is 18.2 Å². The van der Waals surface area contributed by atoms with Gasteiger partial charge in [0.1, 0.15) is 11.0 Å². The van der Waals surface area contributed by atoms with Crippen LogP contribution >= 0.6 is 11.8 Å². The Kier molecular flexibility index (Phi) is 5.00. The molecule has 146 valence electrons. The Hall–Kier alpha value is -3.66. The first kappa shape index (κ1) is 18.7. The van der Waals surface area contributed by atoms with Gasteiger partial charge in [-0.15, -0.1) is 0 Å². The van der Waals surface area contributed by atoms with Crippen LogP contribution < -0.4 is 5.32 Å². The number of hydrogen-bond donors (Lipinski definition) is 2. The molecule has 2 N–H and O–H groups in total. The van der Waals surface area contributed by atoms with Gasteiger partial charge in [0.15, 0.2) is 11.0 Å². The van der Waals surface area contributed by atoms with E-state index in [9.17, 15) is 14.9 Å². The van der Waals surface area contributed by atoms with E-state index in [1.165, 1.54) is 23.9 Å². The van der Waals surface area contributed by atoms with E-state index >= 15 is 0 Å². The van der Waals surface area contributed by atoms with Crippen molar-refractivity contribution in [3.8, 4) is 0 Å². The Bertz CT molecular complexity index is 1190. The third-order valence-corrected chi connectivity index (χ3v) is 5.24. The molecule has 0 saturated heterocycles. The molecule has 0 saturated carbocycles. The summed E-state index contributed by atoms with van der Waals surface area (Å²) in [5, 5.41) is 17.4. The number of amides is 1. The van der Waals surface area contributed by atoms with Crippen LogP contribution in [0.15, 0.2) is 64.3 Å². The lowest BCUT2D eigenvalue weighted by Crippen LogP contribution is -2.19. The predicted octanol–water partition coefficient (Wildman–Crippen LogP) is 4.24. The lowest BCUT2D eigenvalue weighted by Gasteiger charge is -2.14. The number of carbonyl (C=O) groups is 1. The van der Waals surface area contributed by atoms with E-state index in [4.69, 9.17) is 4.52 Å². The number of anilines is 1. The topological polar surface area (TPSA) is 127 Å². The summed E-state index contributed by atoms with van der Waals surface area (Å²) in [6.07, 6.45) is 0. The van der Waals surface area contributed by atoms with Crippen molar-refractivity contribution >= 4 is 40.2 Å². The second-order valence-corrected chi connectivity index (χ2v) is 7.31. The highest BCUT2D eigenvalue weighted by atomic mass is 32.2. The maximum Gasteiger partial charge on any atom is 0.271 e. The second-order valence-electron chi connectivity index (χ2n) is 6.22. The number of aryl methyl sites for hydroxylation is 1. The smallest absolute Gasteiger partial charge is 0.271 e. The largest absolute Gasteiger partial charge is 0.360 e. The molecule has 0 aliphatic rings. The molecule has 4 aromatic rings. The van der Waals surface area contributed by atoms with Crippen molar-refractivity contribution in [1.29, 1.82) is 0 Å². The van der Waals surface area contributed by atoms with Crippen LogP contribution in [0.2, 0.25) is 0 Å². The van der Waals surface area contributed by atoms with Crippen molar-refractivity contribution in [3.05, 3.63) is 76.0 Å². The first-order valence-electron chi connectivity index (χ1n) is 8.59. The third-order valence-electron chi connectivity index (χ3n) is 4.10. The van der Waals surface area contributed by atoms with E-state index < -0.39 is 10.2 Å². The Morgan fingerprint density at radius 1 is 1.24 bits per heavy atom. The Labute approximate surface area is 168 Å². The number of H-pyrrole nitrogens is 1. The van der Waals surface area contributed by atoms with Crippen molar-refractivity contribution in [2.45, 2.75) is 17.3 Å². The fraction of sp³-hybridized carbons (Fsp3) is 0.105. The molecule has 0 aliphatic carbocycles. The number of aromatic amines is 1. The summed E-state index contributed by atoms with van der Waals surface area (Å²) in [7, 11) is 0. The molecule has 2 aromatic carbocycles. The molecule has 0 fully saturated rings. The summed E-state index contributed by atoms with van der Waals surface area (Å²) >= 11 is 1.21. The van der Waals surface area contributed by atoms with Gasteiger partial charge in [-0.3, -0.25) is 14.9 Å². The number of non-ortho nitro benzene ring substituents is 1. The van der Waals surface area contributed by atoms with Gasteiger partial charge in [-0.2, -0.15) is 0 Å². The molecule has 0 spiro atoms. The number of carbonyl (C=O) groups excluding carboxylic acids is 1. The number of thioether (sulfide) groups is 1. The maximum absolute atomic E-state index is 12.9. The van der Waals surface area contributed by atoms with E-state index in [1.54, 1.807) is 19.1 Å². The second kappa shape index (κ2) is 7.76. The number of nitrogens with one attached hydrogen (secondary N) is 2. The van der Waals surface area contributed by atoms with Crippen LogP contribution in [-0.4, -0.2) is 26.0 Å². The molecule has 0 bridgehead atoms. The molecule has 29 heavy (non-hydrogen) atoms. The van der Waals surface area contributed by atoms with Crippen LogP contribution in [0.3, 0.4) is 0 Å². The van der Waals surface area contributed by atoms with E-state index in [0.717, 1.165) is 5.56 Å². The lowest BCUT2D eigenvalue weighted by molar-refractivity contribution is -0.384. The molecule has 0 radical (unpaired) electrons. The van der Waals surface area contributed by atoms with Crippen molar-refractivity contribution < 1.29 is 14.2 Å². The molecule has 2 aromatic heterocycles. The summed E-state index contributed by atoms with van der Waals surface area (Å²) in [5.41, 5.74) is 1.86. The van der Waals surface area contributed by atoms with Crippen molar-refractivity contribution in [2.75, 3.05) is 5.32 Å². The summed E-state index contributed by atoms with van der Waals surface area (Å²) in [4.78, 5) is 30.9. The minimum absolute atomic E-state index is 0.0311. The molecule has 1 amide bonds. The van der Waals surface area contributed by atoms with Gasteiger partial charge >= 0.3 is 0 Å². The molecule has 9 nitrogen and oxygen atoms in total. The number of fused-ring (bicyclic) bond motifs is 1. The first-order valence-corrected chi connectivity index (χ1v) is 9.47. The van der Waals surface area contributed by atoms with Crippen LogP contribution in [0.4, 0.5) is 11.5 Å². The van der Waals surface area contributed by atoms with Gasteiger partial charge in [-0.05, 0) is 18.6 Å². The zero-order chi connectivity index (χ0) is 20.4. The van der Waals surface area contributed by atoms with Gasteiger partial charge in [0.2, 0.25) is 5.91 Å². The summed E-state index contributed by atoms with van der Waals surface area (Å²) in [6.45, 7) is 1.74. The zero-order valence-electron chi connectivity index (χ0n) is 15.2. The minimum Gasteiger partial charge on any atom is -0.360 e. The van der Waals surface area contributed by atoms with E-state index in [0.29, 0.717) is 27.8 Å². The average molecular weight is 409 g/mol. The highest BCUT2D eigenvalue weighted by Gasteiger charge is 2.25.